The Hall–Kier alpha value is -8.47. The Bertz CT molecular complexity index is 3670. The van der Waals surface area contributed by atoms with Crippen LogP contribution < -0.4 is 0 Å². The van der Waals surface area contributed by atoms with Gasteiger partial charge in [0.1, 0.15) is 11.2 Å². The lowest BCUT2D eigenvalue weighted by molar-refractivity contribution is 0.669. The molecule has 0 spiro atoms. The molecule has 4 heteroatoms. The summed E-state index contributed by atoms with van der Waals surface area (Å²) in [5, 5.41) is 6.71. The summed E-state index contributed by atoms with van der Waals surface area (Å²) >= 11 is 0. The zero-order valence-corrected chi connectivity index (χ0v) is 34.1. The lowest BCUT2D eigenvalue weighted by Crippen LogP contribution is -2.01. The normalized spacial score (nSPS) is 11.5. The highest BCUT2D eigenvalue weighted by Crippen LogP contribution is 2.41. The maximum Gasteiger partial charge on any atom is 0.167 e. The van der Waals surface area contributed by atoms with Crippen LogP contribution >= 0.6 is 0 Å². The number of hydrogen-bond donors (Lipinski definition) is 0. The Labute approximate surface area is 364 Å². The van der Waals surface area contributed by atoms with Crippen LogP contribution in [0.25, 0.3) is 122 Å². The maximum atomic E-state index is 6.71. The molecule has 2 heterocycles. The van der Waals surface area contributed by atoms with E-state index in [4.69, 9.17) is 19.4 Å². The van der Waals surface area contributed by atoms with Crippen molar-refractivity contribution in [3.05, 3.63) is 224 Å². The molecule has 0 saturated heterocycles. The lowest BCUT2D eigenvalue weighted by atomic mass is 9.91. The Morgan fingerprint density at radius 2 is 0.762 bits per heavy atom. The topological polar surface area (TPSA) is 51.8 Å². The van der Waals surface area contributed by atoms with Gasteiger partial charge in [-0.05, 0) is 102 Å². The monoisotopic (exact) mass is 803 g/mol. The fourth-order valence-electron chi connectivity index (χ4n) is 9.09. The first-order chi connectivity index (χ1) is 31.2. The van der Waals surface area contributed by atoms with Gasteiger partial charge >= 0.3 is 0 Å². The molecule has 4 nitrogen and oxygen atoms in total. The predicted octanol–water partition coefficient (Wildman–Crippen LogP) is 15.7. The first-order valence-electron chi connectivity index (χ1n) is 21.3. The molecule has 0 bridgehead atoms. The van der Waals surface area contributed by atoms with Gasteiger partial charge in [0.2, 0.25) is 0 Å². The third-order valence-electron chi connectivity index (χ3n) is 12.1. The summed E-state index contributed by atoms with van der Waals surface area (Å²) in [6, 6.07) is 78.8. The van der Waals surface area contributed by atoms with Gasteiger partial charge in [0.25, 0.3) is 0 Å². The number of rotatable bonds is 7. The van der Waals surface area contributed by atoms with Gasteiger partial charge < -0.3 is 4.42 Å². The summed E-state index contributed by atoms with van der Waals surface area (Å²) in [6.45, 7) is 0. The van der Waals surface area contributed by atoms with Gasteiger partial charge in [0, 0.05) is 21.9 Å². The van der Waals surface area contributed by atoms with E-state index in [9.17, 15) is 0 Å². The summed E-state index contributed by atoms with van der Waals surface area (Å²) in [5.74, 6) is 1.69. The van der Waals surface area contributed by atoms with Crippen LogP contribution in [0.15, 0.2) is 229 Å². The Morgan fingerprint density at radius 1 is 0.254 bits per heavy atom. The van der Waals surface area contributed by atoms with Gasteiger partial charge in [-0.1, -0.05) is 188 Å². The quantitative estimate of drug-likeness (QED) is 0.161. The van der Waals surface area contributed by atoms with Crippen molar-refractivity contribution < 1.29 is 4.42 Å². The van der Waals surface area contributed by atoms with E-state index in [0.29, 0.717) is 17.5 Å². The van der Waals surface area contributed by atoms with Crippen LogP contribution in [-0.2, 0) is 0 Å². The number of hydrogen-bond acceptors (Lipinski definition) is 4. The largest absolute Gasteiger partial charge is 0.455 e. The Morgan fingerprint density at radius 3 is 1.48 bits per heavy atom. The van der Waals surface area contributed by atoms with Crippen LogP contribution in [-0.4, -0.2) is 15.0 Å². The number of nitrogens with zero attached hydrogens (tertiary/aromatic N) is 3. The molecule has 0 N–H and O–H groups in total. The number of aromatic nitrogens is 3. The van der Waals surface area contributed by atoms with Gasteiger partial charge in [0.05, 0.1) is 5.56 Å². The maximum absolute atomic E-state index is 6.71. The molecule has 0 fully saturated rings. The van der Waals surface area contributed by atoms with Crippen molar-refractivity contribution in [1.29, 1.82) is 0 Å². The summed E-state index contributed by atoms with van der Waals surface area (Å²) in [4.78, 5) is 16.1. The van der Waals surface area contributed by atoms with E-state index in [1.165, 1.54) is 27.3 Å². The van der Waals surface area contributed by atoms with Crippen LogP contribution in [0.3, 0.4) is 0 Å². The van der Waals surface area contributed by atoms with E-state index >= 15 is 0 Å². The molecule has 63 heavy (non-hydrogen) atoms. The van der Waals surface area contributed by atoms with Crippen molar-refractivity contribution in [3.63, 3.8) is 0 Å². The van der Waals surface area contributed by atoms with Crippen LogP contribution in [0.5, 0.6) is 0 Å². The molecule has 0 amide bonds. The first kappa shape index (κ1) is 36.4. The molecule has 294 valence electrons. The smallest absolute Gasteiger partial charge is 0.167 e. The molecule has 0 atom stereocenters. The highest BCUT2D eigenvalue weighted by Gasteiger charge is 2.21. The molecule has 12 rings (SSSR count). The summed E-state index contributed by atoms with van der Waals surface area (Å²) in [6.07, 6.45) is 0. The van der Waals surface area contributed by atoms with Crippen molar-refractivity contribution in [2.45, 2.75) is 0 Å². The molecular formula is C59H37N3O. The second kappa shape index (κ2) is 15.2. The first-order valence-corrected chi connectivity index (χ1v) is 21.3. The minimum absolute atomic E-state index is 0.536. The highest BCUT2D eigenvalue weighted by atomic mass is 16.3. The third kappa shape index (κ3) is 6.53. The number of furan rings is 1. The van der Waals surface area contributed by atoms with E-state index in [1.807, 2.05) is 18.2 Å². The van der Waals surface area contributed by atoms with Crippen LogP contribution in [0.4, 0.5) is 0 Å². The molecule has 12 aromatic rings. The Kier molecular flexibility index (Phi) is 8.79. The van der Waals surface area contributed by atoms with Crippen LogP contribution in [0.2, 0.25) is 0 Å². The minimum Gasteiger partial charge on any atom is -0.455 e. The van der Waals surface area contributed by atoms with E-state index in [-0.39, 0.29) is 0 Å². The summed E-state index contributed by atoms with van der Waals surface area (Å²) in [5.41, 5.74) is 13.2. The summed E-state index contributed by atoms with van der Waals surface area (Å²) in [7, 11) is 0. The molecular weight excluding hydrogens is 767 g/mol. The average Bonchev–Trinajstić information content (AvgIpc) is 3.75. The lowest BCUT2D eigenvalue weighted by Gasteiger charge is -2.14. The molecule has 0 aliphatic heterocycles. The molecule has 0 radical (unpaired) electrons. The van der Waals surface area contributed by atoms with Crippen LogP contribution in [0, 0.1) is 0 Å². The number of fused-ring (bicyclic) bond motifs is 5. The average molecular weight is 804 g/mol. The van der Waals surface area contributed by atoms with E-state index in [2.05, 4.69) is 206 Å². The predicted molar refractivity (Wildman–Crippen MR) is 260 cm³/mol. The van der Waals surface area contributed by atoms with Gasteiger partial charge in [-0.25, -0.2) is 15.0 Å². The zero-order valence-electron chi connectivity index (χ0n) is 34.1. The number of benzene rings is 10. The zero-order chi connectivity index (χ0) is 41.7. The van der Waals surface area contributed by atoms with Crippen molar-refractivity contribution >= 4 is 43.5 Å². The third-order valence-corrected chi connectivity index (χ3v) is 12.1. The molecule has 10 aromatic carbocycles. The number of para-hydroxylation sites is 1. The molecule has 0 saturated carbocycles. The molecule has 0 aliphatic rings. The van der Waals surface area contributed by atoms with Crippen LogP contribution in [0.1, 0.15) is 0 Å². The van der Waals surface area contributed by atoms with Gasteiger partial charge in [-0.2, -0.15) is 0 Å². The van der Waals surface area contributed by atoms with Gasteiger partial charge in [-0.15, -0.1) is 0 Å². The second-order valence-corrected chi connectivity index (χ2v) is 15.9. The van der Waals surface area contributed by atoms with E-state index in [1.54, 1.807) is 0 Å². The van der Waals surface area contributed by atoms with Crippen molar-refractivity contribution in [1.82, 2.24) is 15.0 Å². The highest BCUT2D eigenvalue weighted by molar-refractivity contribution is 6.11. The van der Waals surface area contributed by atoms with Crippen molar-refractivity contribution in [3.8, 4) is 78.7 Å². The van der Waals surface area contributed by atoms with Crippen molar-refractivity contribution in [2.75, 3.05) is 0 Å². The SMILES string of the molecule is c1ccc(-c2cc(-c3nc(-c4cccc(-c5ccc(-c6ccccc6)c6ccccc56)c4)nc(-c4cc(-c5ccccc5)c5ccccc5c4)n3)c3oc4ccccc4c3c2)cc1. The minimum atomic E-state index is 0.536. The fraction of sp³-hybridized carbons (Fsp3) is 0. The van der Waals surface area contributed by atoms with E-state index in [0.717, 1.165) is 77.4 Å². The van der Waals surface area contributed by atoms with Gasteiger partial charge in [-0.3, -0.25) is 0 Å². The van der Waals surface area contributed by atoms with E-state index < -0.39 is 0 Å². The second-order valence-electron chi connectivity index (χ2n) is 15.9. The standard InChI is InChI=1S/C59H37N3O/c1-4-17-38(18-5-1)44-35-53-51-29-14-15-30-55(51)63-56(53)54(36-44)59-61-57(60-58(62-59)45-34-41-23-10-11-26-46(41)52(37-45)40-21-8-3-9-22-40)43-25-16-24-42(33-43)48-32-31-47(39-19-6-2-7-20-39)49-27-12-13-28-50(48)49/h1-37H. The molecule has 0 unspecified atom stereocenters. The fourth-order valence-corrected chi connectivity index (χ4v) is 9.09. The van der Waals surface area contributed by atoms with Gasteiger partial charge in [0.15, 0.2) is 17.5 Å². The molecule has 2 aromatic heterocycles. The summed E-state index contributed by atoms with van der Waals surface area (Å²) < 4.78 is 6.71. The van der Waals surface area contributed by atoms with Crippen molar-refractivity contribution in [2.24, 2.45) is 0 Å². The molecule has 0 aliphatic carbocycles. The Balaban J connectivity index is 1.10.